The lowest BCUT2D eigenvalue weighted by atomic mass is 9.92. The lowest BCUT2D eigenvalue weighted by Gasteiger charge is -2.22. The highest BCUT2D eigenvalue weighted by Crippen LogP contribution is 2.38. The molecule has 3 rings (SSSR count). The zero-order valence-corrected chi connectivity index (χ0v) is 13.1. The number of nitrogens with one attached hydrogen (secondary N) is 1. The predicted octanol–water partition coefficient (Wildman–Crippen LogP) is 4.62. The first-order valence-electron chi connectivity index (χ1n) is 8.17. The predicted molar refractivity (Wildman–Crippen MR) is 89.1 cm³/mol. The summed E-state index contributed by atoms with van der Waals surface area (Å²) in [5.74, 6) is 1.01. The number of rotatable bonds is 4. The van der Waals surface area contributed by atoms with E-state index in [4.69, 9.17) is 4.74 Å². The van der Waals surface area contributed by atoms with E-state index in [2.05, 4.69) is 42.6 Å². The van der Waals surface area contributed by atoms with Crippen LogP contribution in [0, 0.1) is 0 Å². The zero-order chi connectivity index (χ0) is 14.7. The van der Waals surface area contributed by atoms with E-state index in [9.17, 15) is 0 Å². The first-order chi connectivity index (χ1) is 10.3. The number of fused-ring (bicyclic) bond motifs is 3. The molecule has 1 atom stereocenters. The summed E-state index contributed by atoms with van der Waals surface area (Å²) >= 11 is 0. The maximum atomic E-state index is 5.66. The second-order valence-corrected chi connectivity index (χ2v) is 5.94. The average molecular weight is 283 g/mol. The summed E-state index contributed by atoms with van der Waals surface area (Å²) in [5.41, 5.74) is 2.98. The fraction of sp³-hybridized carbons (Fsp3) is 0.474. The van der Waals surface area contributed by atoms with Gasteiger partial charge in [-0.1, -0.05) is 37.6 Å². The van der Waals surface area contributed by atoms with Crippen molar-refractivity contribution >= 4 is 10.8 Å². The number of hydrogen-bond acceptors (Lipinski definition) is 2. The monoisotopic (exact) mass is 283 g/mol. The molecule has 2 aromatic rings. The van der Waals surface area contributed by atoms with E-state index in [1.165, 1.54) is 54.0 Å². The molecule has 0 amide bonds. The first kappa shape index (κ1) is 14.4. The van der Waals surface area contributed by atoms with Crippen LogP contribution < -0.4 is 10.1 Å². The Morgan fingerprint density at radius 3 is 2.76 bits per heavy atom. The molecule has 0 bridgehead atoms. The highest BCUT2D eigenvalue weighted by Gasteiger charge is 2.21. The van der Waals surface area contributed by atoms with Gasteiger partial charge < -0.3 is 10.1 Å². The molecule has 0 saturated heterocycles. The molecule has 0 radical (unpaired) electrons. The van der Waals surface area contributed by atoms with Gasteiger partial charge in [0.1, 0.15) is 5.75 Å². The van der Waals surface area contributed by atoms with Crippen molar-refractivity contribution in [2.45, 2.75) is 45.1 Å². The summed E-state index contributed by atoms with van der Waals surface area (Å²) in [4.78, 5) is 0. The summed E-state index contributed by atoms with van der Waals surface area (Å²) < 4.78 is 5.66. The third kappa shape index (κ3) is 2.77. The summed E-state index contributed by atoms with van der Waals surface area (Å²) in [6.07, 6.45) is 6.18. The van der Waals surface area contributed by atoms with Crippen molar-refractivity contribution in [3.63, 3.8) is 0 Å². The van der Waals surface area contributed by atoms with Gasteiger partial charge in [0.25, 0.3) is 0 Å². The fourth-order valence-electron chi connectivity index (χ4n) is 3.52. The SMILES string of the molecule is CCCNC1CCCCc2c1cc(OC)c1ccccc21. The van der Waals surface area contributed by atoms with Gasteiger partial charge >= 0.3 is 0 Å². The zero-order valence-electron chi connectivity index (χ0n) is 13.1. The van der Waals surface area contributed by atoms with Crippen LogP contribution >= 0.6 is 0 Å². The smallest absolute Gasteiger partial charge is 0.127 e. The summed E-state index contributed by atoms with van der Waals surface area (Å²) in [7, 11) is 1.78. The lowest BCUT2D eigenvalue weighted by molar-refractivity contribution is 0.417. The van der Waals surface area contributed by atoms with Crippen LogP contribution in [0.4, 0.5) is 0 Å². The van der Waals surface area contributed by atoms with Gasteiger partial charge in [0.05, 0.1) is 7.11 Å². The van der Waals surface area contributed by atoms with Crippen molar-refractivity contribution in [2.24, 2.45) is 0 Å². The maximum absolute atomic E-state index is 5.66. The normalized spacial score (nSPS) is 18.3. The molecule has 0 spiro atoms. The van der Waals surface area contributed by atoms with Crippen LogP contribution in [0.1, 0.15) is 49.8 Å². The van der Waals surface area contributed by atoms with Gasteiger partial charge in [0.15, 0.2) is 0 Å². The molecule has 1 unspecified atom stereocenters. The molecule has 2 nitrogen and oxygen atoms in total. The van der Waals surface area contributed by atoms with Crippen molar-refractivity contribution in [1.82, 2.24) is 5.32 Å². The molecular weight excluding hydrogens is 258 g/mol. The van der Waals surface area contributed by atoms with Crippen LogP contribution in [-0.2, 0) is 6.42 Å². The standard InChI is InChI=1S/C19H25NO/c1-3-12-20-18-11-7-6-9-15-14-8-4-5-10-16(14)19(21-2)13-17(15)18/h4-5,8,10,13,18,20H,3,6-7,9,11-12H2,1-2H3. The number of benzene rings is 2. The summed E-state index contributed by atoms with van der Waals surface area (Å²) in [6, 6.07) is 11.4. The molecule has 21 heavy (non-hydrogen) atoms. The highest BCUT2D eigenvalue weighted by atomic mass is 16.5. The summed E-state index contributed by atoms with van der Waals surface area (Å²) in [6.45, 7) is 3.31. The van der Waals surface area contributed by atoms with Gasteiger partial charge in [0, 0.05) is 11.4 Å². The van der Waals surface area contributed by atoms with Gasteiger partial charge in [-0.25, -0.2) is 0 Å². The van der Waals surface area contributed by atoms with E-state index in [-0.39, 0.29) is 0 Å². The third-order valence-corrected chi connectivity index (χ3v) is 4.56. The Hall–Kier alpha value is -1.54. The summed E-state index contributed by atoms with van der Waals surface area (Å²) in [5, 5.41) is 6.35. The Morgan fingerprint density at radius 1 is 1.19 bits per heavy atom. The maximum Gasteiger partial charge on any atom is 0.127 e. The lowest BCUT2D eigenvalue weighted by Crippen LogP contribution is -2.22. The van der Waals surface area contributed by atoms with Gasteiger partial charge in [-0.2, -0.15) is 0 Å². The van der Waals surface area contributed by atoms with E-state index in [1.807, 2.05) is 0 Å². The van der Waals surface area contributed by atoms with Crippen LogP contribution in [0.25, 0.3) is 10.8 Å². The molecule has 112 valence electrons. The average Bonchev–Trinajstić information content (AvgIpc) is 2.74. The molecule has 0 aromatic heterocycles. The van der Waals surface area contributed by atoms with E-state index >= 15 is 0 Å². The fourth-order valence-corrected chi connectivity index (χ4v) is 3.52. The van der Waals surface area contributed by atoms with Gasteiger partial charge in [-0.3, -0.25) is 0 Å². The van der Waals surface area contributed by atoms with E-state index in [1.54, 1.807) is 7.11 Å². The highest BCUT2D eigenvalue weighted by molar-refractivity contribution is 5.92. The quantitative estimate of drug-likeness (QED) is 0.827. The Labute approximate surface area is 127 Å². The minimum absolute atomic E-state index is 0.473. The topological polar surface area (TPSA) is 21.3 Å². The number of methoxy groups -OCH3 is 1. The van der Waals surface area contributed by atoms with Crippen LogP contribution in [0.3, 0.4) is 0 Å². The minimum Gasteiger partial charge on any atom is -0.496 e. The molecule has 1 aliphatic rings. The number of hydrogen-bond donors (Lipinski definition) is 1. The van der Waals surface area contributed by atoms with Crippen molar-refractivity contribution in [3.05, 3.63) is 41.5 Å². The van der Waals surface area contributed by atoms with E-state index < -0.39 is 0 Å². The van der Waals surface area contributed by atoms with Gasteiger partial charge in [-0.05, 0) is 54.8 Å². The van der Waals surface area contributed by atoms with E-state index in [0.717, 1.165) is 12.3 Å². The largest absolute Gasteiger partial charge is 0.496 e. The molecule has 0 fully saturated rings. The number of aryl methyl sites for hydroxylation is 1. The molecule has 0 heterocycles. The third-order valence-electron chi connectivity index (χ3n) is 4.56. The van der Waals surface area contributed by atoms with Crippen LogP contribution in [0.5, 0.6) is 5.75 Å². The van der Waals surface area contributed by atoms with E-state index in [0.29, 0.717) is 6.04 Å². The molecule has 2 heteroatoms. The second kappa shape index (κ2) is 6.48. The number of ether oxygens (including phenoxy) is 1. The molecule has 1 aliphatic carbocycles. The van der Waals surface area contributed by atoms with Gasteiger partial charge in [-0.15, -0.1) is 0 Å². The molecule has 2 aromatic carbocycles. The van der Waals surface area contributed by atoms with Crippen molar-refractivity contribution in [1.29, 1.82) is 0 Å². The van der Waals surface area contributed by atoms with Crippen molar-refractivity contribution in [3.8, 4) is 5.75 Å². The minimum atomic E-state index is 0.473. The van der Waals surface area contributed by atoms with Crippen LogP contribution in [0.15, 0.2) is 30.3 Å². The second-order valence-electron chi connectivity index (χ2n) is 5.94. The molecular formula is C19H25NO. The van der Waals surface area contributed by atoms with Crippen LogP contribution in [-0.4, -0.2) is 13.7 Å². The Balaban J connectivity index is 2.15. The Kier molecular flexibility index (Phi) is 4.45. The molecule has 0 aliphatic heterocycles. The van der Waals surface area contributed by atoms with Crippen LogP contribution in [0.2, 0.25) is 0 Å². The first-order valence-corrected chi connectivity index (χ1v) is 8.17. The Morgan fingerprint density at radius 2 is 2.00 bits per heavy atom. The Bertz CT molecular complexity index is 620. The van der Waals surface area contributed by atoms with Gasteiger partial charge in [0.2, 0.25) is 0 Å². The molecule has 1 N–H and O–H groups in total. The van der Waals surface area contributed by atoms with Crippen molar-refractivity contribution < 1.29 is 4.74 Å². The van der Waals surface area contributed by atoms with Crippen molar-refractivity contribution in [2.75, 3.05) is 13.7 Å². The molecule has 0 saturated carbocycles.